The first-order chi connectivity index (χ1) is 17.9. The molecule has 0 spiro atoms. The van der Waals surface area contributed by atoms with Crippen LogP contribution in [0.4, 0.5) is 10.5 Å². The number of unbranched alkanes of at least 4 members (excludes halogenated alkanes) is 1. The molecular formula is C28H34Cl2N6O. The number of anilines is 1. The number of halogens is 2. The highest BCUT2D eigenvalue weighted by atomic mass is 35.5. The van der Waals surface area contributed by atoms with Crippen molar-refractivity contribution in [3.63, 3.8) is 0 Å². The van der Waals surface area contributed by atoms with Gasteiger partial charge in [0.1, 0.15) is 10.3 Å². The van der Waals surface area contributed by atoms with Gasteiger partial charge in [-0.25, -0.2) is 9.78 Å². The van der Waals surface area contributed by atoms with Crippen molar-refractivity contribution in [2.45, 2.75) is 43.6 Å². The number of carbonyl (C=O) groups is 1. The van der Waals surface area contributed by atoms with Gasteiger partial charge in [0, 0.05) is 49.9 Å². The molecule has 3 atom stereocenters. The van der Waals surface area contributed by atoms with Crippen molar-refractivity contribution < 1.29 is 4.79 Å². The number of nitriles is 1. The Bertz CT molecular complexity index is 1140. The summed E-state index contributed by atoms with van der Waals surface area (Å²) in [6.07, 6.45) is 5.16. The lowest BCUT2D eigenvalue weighted by Gasteiger charge is -2.33. The number of pyridine rings is 1. The summed E-state index contributed by atoms with van der Waals surface area (Å²) in [6, 6.07) is 13.6. The molecule has 0 bridgehead atoms. The Balaban J connectivity index is 1.26. The molecule has 3 aliphatic rings. The minimum Gasteiger partial charge on any atom is -0.321 e. The normalized spacial score (nSPS) is 25.4. The van der Waals surface area contributed by atoms with Crippen molar-refractivity contribution in [2.75, 3.05) is 51.6 Å². The van der Waals surface area contributed by atoms with E-state index >= 15 is 0 Å². The van der Waals surface area contributed by atoms with E-state index in [1.807, 2.05) is 12.1 Å². The average molecular weight is 542 g/mol. The molecule has 5 rings (SSSR count). The number of hydrogen-bond donors (Lipinski definition) is 1. The SMILES string of the molecule is CN1CCN(CCCCN(C(=O)Nc2cc(Cl)nc(Cl)c2)C2CC[C@@]3(c4ccc(C#N)cc4)CC23)CC1. The van der Waals surface area contributed by atoms with Crippen LogP contribution in [0.15, 0.2) is 36.4 Å². The number of nitrogens with zero attached hydrogens (tertiary/aromatic N) is 5. The van der Waals surface area contributed by atoms with Crippen LogP contribution < -0.4 is 5.32 Å². The van der Waals surface area contributed by atoms with Crippen LogP contribution in [-0.2, 0) is 5.41 Å². The second-order valence-electron chi connectivity index (χ2n) is 10.7. The predicted octanol–water partition coefficient (Wildman–Crippen LogP) is 5.24. The molecule has 2 aliphatic carbocycles. The van der Waals surface area contributed by atoms with Gasteiger partial charge in [0.25, 0.3) is 0 Å². The summed E-state index contributed by atoms with van der Waals surface area (Å²) >= 11 is 12.1. The van der Waals surface area contributed by atoms with Gasteiger partial charge in [0.15, 0.2) is 0 Å². The van der Waals surface area contributed by atoms with E-state index in [4.69, 9.17) is 23.2 Å². The van der Waals surface area contributed by atoms with Gasteiger partial charge in [0.2, 0.25) is 0 Å². The van der Waals surface area contributed by atoms with Crippen molar-refractivity contribution in [1.29, 1.82) is 5.26 Å². The minimum absolute atomic E-state index is 0.106. The fourth-order valence-electron chi connectivity index (χ4n) is 6.30. The standard InChI is InChI=1S/C28H34Cl2N6O/c1-34-12-14-35(15-13-34)10-2-3-11-36(27(37)32-22-16-25(29)33-26(30)17-22)24-8-9-28(18-23(24)28)21-6-4-20(19-31)5-7-21/h4-7,16-17,23-24H,2-3,8-15,18H2,1H3,(H,32,33,37)/t23?,24?,28-/m0/s1. The first-order valence-electron chi connectivity index (χ1n) is 13.2. The monoisotopic (exact) mass is 540 g/mol. The Morgan fingerprint density at radius 1 is 1.16 bits per heavy atom. The molecule has 1 aromatic carbocycles. The number of carbonyl (C=O) groups excluding carboxylic acids is 1. The van der Waals surface area contributed by atoms with Crippen LogP contribution in [0.3, 0.4) is 0 Å². The molecule has 2 amide bonds. The number of likely N-dealkylation sites (N-methyl/N-ethyl adjacent to an activating group) is 1. The Morgan fingerprint density at radius 2 is 1.86 bits per heavy atom. The molecule has 3 fully saturated rings. The summed E-state index contributed by atoms with van der Waals surface area (Å²) in [5.74, 6) is 0.438. The maximum Gasteiger partial charge on any atom is 0.322 e. The maximum atomic E-state index is 13.6. The van der Waals surface area contributed by atoms with Crippen LogP contribution in [0.1, 0.15) is 43.2 Å². The highest BCUT2D eigenvalue weighted by molar-refractivity contribution is 6.33. The van der Waals surface area contributed by atoms with Crippen LogP contribution in [-0.4, -0.2) is 78.1 Å². The number of fused-ring (bicyclic) bond motifs is 1. The third kappa shape index (κ3) is 5.88. The second kappa shape index (κ2) is 11.2. The van der Waals surface area contributed by atoms with Crippen LogP contribution in [0.2, 0.25) is 10.3 Å². The lowest BCUT2D eigenvalue weighted by molar-refractivity contribution is 0.147. The van der Waals surface area contributed by atoms with Crippen molar-refractivity contribution in [1.82, 2.24) is 19.7 Å². The molecule has 1 aliphatic heterocycles. The molecule has 196 valence electrons. The largest absolute Gasteiger partial charge is 0.322 e. The molecule has 2 aromatic rings. The molecular weight excluding hydrogens is 507 g/mol. The lowest BCUT2D eigenvalue weighted by Crippen LogP contribution is -2.45. The number of urea groups is 1. The van der Waals surface area contributed by atoms with Gasteiger partial charge in [-0.1, -0.05) is 35.3 Å². The van der Waals surface area contributed by atoms with Crippen molar-refractivity contribution in [2.24, 2.45) is 5.92 Å². The topological polar surface area (TPSA) is 75.5 Å². The predicted molar refractivity (Wildman–Crippen MR) is 147 cm³/mol. The summed E-state index contributed by atoms with van der Waals surface area (Å²) in [4.78, 5) is 24.5. The fraction of sp³-hybridized carbons (Fsp3) is 0.536. The van der Waals surface area contributed by atoms with Gasteiger partial charge in [-0.3, -0.25) is 0 Å². The van der Waals surface area contributed by atoms with Crippen LogP contribution in [0, 0.1) is 17.2 Å². The first-order valence-corrected chi connectivity index (χ1v) is 14.0. The van der Waals surface area contributed by atoms with Crippen molar-refractivity contribution >= 4 is 34.9 Å². The van der Waals surface area contributed by atoms with E-state index in [0.717, 1.165) is 71.4 Å². The van der Waals surface area contributed by atoms with E-state index in [2.05, 4.69) is 50.3 Å². The second-order valence-corrected chi connectivity index (χ2v) is 11.5. The molecule has 2 saturated carbocycles. The summed E-state index contributed by atoms with van der Waals surface area (Å²) in [5.41, 5.74) is 2.66. The molecule has 9 heteroatoms. The number of piperazine rings is 1. The smallest absolute Gasteiger partial charge is 0.321 e. The third-order valence-electron chi connectivity index (χ3n) is 8.47. The molecule has 1 saturated heterocycles. The van der Waals surface area contributed by atoms with Gasteiger partial charge in [-0.05, 0) is 81.4 Å². The van der Waals surface area contributed by atoms with Crippen LogP contribution in [0.5, 0.6) is 0 Å². The molecule has 7 nitrogen and oxygen atoms in total. The van der Waals surface area contributed by atoms with Crippen LogP contribution >= 0.6 is 23.2 Å². The van der Waals surface area contributed by atoms with Gasteiger partial charge in [0.05, 0.1) is 11.6 Å². The van der Waals surface area contributed by atoms with E-state index < -0.39 is 0 Å². The van der Waals surface area contributed by atoms with Gasteiger partial charge in [-0.2, -0.15) is 5.26 Å². The van der Waals surface area contributed by atoms with Crippen molar-refractivity contribution in [3.8, 4) is 6.07 Å². The van der Waals surface area contributed by atoms with Gasteiger partial charge >= 0.3 is 6.03 Å². The van der Waals surface area contributed by atoms with Gasteiger partial charge in [-0.15, -0.1) is 0 Å². The summed E-state index contributed by atoms with van der Waals surface area (Å²) in [7, 11) is 2.17. The molecule has 1 N–H and O–H groups in total. The number of aromatic nitrogens is 1. The van der Waals surface area contributed by atoms with E-state index in [1.165, 1.54) is 5.56 Å². The average Bonchev–Trinajstić information content (AvgIpc) is 3.50. The first kappa shape index (κ1) is 26.2. The Morgan fingerprint density at radius 3 is 2.51 bits per heavy atom. The number of benzene rings is 1. The summed E-state index contributed by atoms with van der Waals surface area (Å²) in [5, 5.41) is 12.7. The fourth-order valence-corrected chi connectivity index (χ4v) is 6.76. The van der Waals surface area contributed by atoms with E-state index in [0.29, 0.717) is 17.2 Å². The highest BCUT2D eigenvalue weighted by Crippen LogP contribution is 2.65. The molecule has 2 unspecified atom stereocenters. The Hall–Kier alpha value is -2.37. The molecule has 2 heterocycles. The number of amides is 2. The molecule has 0 radical (unpaired) electrons. The molecule has 1 aromatic heterocycles. The van der Waals surface area contributed by atoms with E-state index in [9.17, 15) is 10.1 Å². The number of rotatable bonds is 8. The van der Waals surface area contributed by atoms with E-state index in [1.54, 1.807) is 12.1 Å². The quantitative estimate of drug-likeness (QED) is 0.366. The van der Waals surface area contributed by atoms with E-state index in [-0.39, 0.29) is 27.8 Å². The Kier molecular flexibility index (Phi) is 7.92. The number of nitrogens with one attached hydrogen (secondary N) is 1. The number of hydrogen-bond acceptors (Lipinski definition) is 5. The summed E-state index contributed by atoms with van der Waals surface area (Å²) in [6.45, 7) is 6.25. The zero-order valence-corrected chi connectivity index (χ0v) is 22.8. The Labute approximate surface area is 229 Å². The minimum atomic E-state index is -0.106. The van der Waals surface area contributed by atoms with Crippen LogP contribution in [0.25, 0.3) is 0 Å². The third-order valence-corrected chi connectivity index (χ3v) is 8.86. The lowest BCUT2D eigenvalue weighted by atomic mass is 9.93. The summed E-state index contributed by atoms with van der Waals surface area (Å²) < 4.78 is 0. The van der Waals surface area contributed by atoms with Crippen molar-refractivity contribution in [3.05, 3.63) is 57.8 Å². The highest BCUT2D eigenvalue weighted by Gasteiger charge is 2.63. The zero-order valence-electron chi connectivity index (χ0n) is 21.3. The zero-order chi connectivity index (χ0) is 26.0. The maximum absolute atomic E-state index is 13.6. The van der Waals surface area contributed by atoms with Gasteiger partial charge < -0.3 is 20.0 Å². The molecule has 37 heavy (non-hydrogen) atoms.